The van der Waals surface area contributed by atoms with Crippen molar-refractivity contribution >= 4 is 0 Å². The summed E-state index contributed by atoms with van der Waals surface area (Å²) in [6.07, 6.45) is 11.6. The monoisotopic (exact) mass is 366 g/mol. The zero-order chi connectivity index (χ0) is 18.8. The summed E-state index contributed by atoms with van der Waals surface area (Å²) in [6, 6.07) is 0. The molecule has 0 saturated carbocycles. The number of aryl methyl sites for hydroxylation is 2. The van der Waals surface area contributed by atoms with Gasteiger partial charge in [-0.1, -0.05) is 61.7 Å². The standard InChI is InChI=1S/C18H30N4O4/c1-15-19-25-17(23)21(15)13-11-9-7-5-3-4-6-8-10-12-14-22-16(2)20-26-18(22)24/h3-14H2,1-2H3. The van der Waals surface area contributed by atoms with Gasteiger partial charge in [-0.25, -0.2) is 9.59 Å². The maximum atomic E-state index is 11.4. The molecular formula is C18H30N4O4. The lowest BCUT2D eigenvalue weighted by Gasteiger charge is -2.04. The molecule has 0 aliphatic rings. The lowest BCUT2D eigenvalue weighted by atomic mass is 10.1. The predicted octanol–water partition coefficient (Wildman–Crippen LogP) is 3.20. The second-order valence-electron chi connectivity index (χ2n) is 6.83. The van der Waals surface area contributed by atoms with Crippen molar-refractivity contribution < 1.29 is 9.05 Å². The molecule has 0 aliphatic carbocycles. The molecule has 2 aromatic heterocycles. The van der Waals surface area contributed by atoms with E-state index in [1.165, 1.54) is 38.5 Å². The number of unbranched alkanes of at least 4 members (excludes halogenated alkanes) is 9. The number of hydrogen-bond acceptors (Lipinski definition) is 6. The Morgan fingerprint density at radius 3 is 1.19 bits per heavy atom. The van der Waals surface area contributed by atoms with Crippen LogP contribution in [0, 0.1) is 13.8 Å². The molecule has 0 bridgehead atoms. The summed E-state index contributed by atoms with van der Waals surface area (Å²) in [6.45, 7) is 4.97. The van der Waals surface area contributed by atoms with Crippen LogP contribution in [-0.4, -0.2) is 19.4 Å². The highest BCUT2D eigenvalue weighted by Gasteiger charge is 2.05. The molecule has 0 spiro atoms. The Morgan fingerprint density at radius 1 is 0.615 bits per heavy atom. The van der Waals surface area contributed by atoms with Gasteiger partial charge in [-0.2, -0.15) is 0 Å². The molecule has 8 nitrogen and oxygen atoms in total. The Morgan fingerprint density at radius 2 is 0.923 bits per heavy atom. The number of aromatic nitrogens is 4. The van der Waals surface area contributed by atoms with E-state index in [1.54, 1.807) is 23.0 Å². The Kier molecular flexibility index (Phi) is 8.37. The van der Waals surface area contributed by atoms with E-state index in [-0.39, 0.29) is 11.5 Å². The minimum atomic E-state index is -0.355. The minimum absolute atomic E-state index is 0.355. The third kappa shape index (κ3) is 6.31. The Labute approximate surface area is 153 Å². The SMILES string of the molecule is Cc1noc(=O)n1CCCCCCCCCCCCn1c(C)noc1=O. The zero-order valence-corrected chi connectivity index (χ0v) is 15.9. The first kappa shape index (κ1) is 20.2. The van der Waals surface area contributed by atoms with E-state index < -0.39 is 0 Å². The van der Waals surface area contributed by atoms with Gasteiger partial charge in [0.2, 0.25) is 0 Å². The molecule has 0 saturated heterocycles. The van der Waals surface area contributed by atoms with Gasteiger partial charge in [0.1, 0.15) is 0 Å². The quantitative estimate of drug-likeness (QED) is 0.505. The van der Waals surface area contributed by atoms with E-state index >= 15 is 0 Å². The van der Waals surface area contributed by atoms with E-state index in [9.17, 15) is 9.59 Å². The summed E-state index contributed by atoms with van der Waals surface area (Å²) in [7, 11) is 0. The molecule has 146 valence electrons. The van der Waals surface area contributed by atoms with Crippen LogP contribution in [0.2, 0.25) is 0 Å². The molecule has 8 heteroatoms. The minimum Gasteiger partial charge on any atom is -0.296 e. The van der Waals surface area contributed by atoms with Crippen LogP contribution in [0.15, 0.2) is 18.6 Å². The van der Waals surface area contributed by atoms with Crippen molar-refractivity contribution in [1.29, 1.82) is 0 Å². The molecule has 0 fully saturated rings. The average molecular weight is 366 g/mol. The van der Waals surface area contributed by atoms with E-state index in [2.05, 4.69) is 19.4 Å². The van der Waals surface area contributed by atoms with Gasteiger partial charge in [0, 0.05) is 13.1 Å². The Hall–Kier alpha value is -2.12. The Bertz CT molecular complexity index is 692. The van der Waals surface area contributed by atoms with Crippen molar-refractivity contribution in [2.45, 2.75) is 91.1 Å². The molecule has 0 atom stereocenters. The van der Waals surface area contributed by atoms with Crippen LogP contribution >= 0.6 is 0 Å². The molecule has 0 radical (unpaired) electrons. The van der Waals surface area contributed by atoms with Crippen LogP contribution in [0.5, 0.6) is 0 Å². The normalized spacial score (nSPS) is 11.3. The van der Waals surface area contributed by atoms with Crippen molar-refractivity contribution in [1.82, 2.24) is 19.4 Å². The molecule has 2 rings (SSSR count). The number of hydrogen-bond donors (Lipinski definition) is 0. The second-order valence-corrected chi connectivity index (χ2v) is 6.83. The van der Waals surface area contributed by atoms with Crippen molar-refractivity contribution in [2.75, 3.05) is 0 Å². The molecule has 2 aromatic rings. The smallest absolute Gasteiger partial charge is 0.296 e. The van der Waals surface area contributed by atoms with E-state index in [4.69, 9.17) is 0 Å². The zero-order valence-electron chi connectivity index (χ0n) is 15.9. The largest absolute Gasteiger partial charge is 0.441 e. The second kappa shape index (κ2) is 10.8. The molecule has 0 aromatic carbocycles. The lowest BCUT2D eigenvalue weighted by molar-refractivity contribution is 0.372. The van der Waals surface area contributed by atoms with Gasteiger partial charge < -0.3 is 0 Å². The van der Waals surface area contributed by atoms with Crippen molar-refractivity contribution in [3.63, 3.8) is 0 Å². The fraction of sp³-hybridized carbons (Fsp3) is 0.778. The van der Waals surface area contributed by atoms with Crippen LogP contribution in [0.3, 0.4) is 0 Å². The third-order valence-electron chi connectivity index (χ3n) is 4.75. The summed E-state index contributed by atoms with van der Waals surface area (Å²) in [4.78, 5) is 22.7. The molecular weight excluding hydrogens is 336 g/mol. The van der Waals surface area contributed by atoms with Gasteiger partial charge in [0.15, 0.2) is 11.6 Å². The van der Waals surface area contributed by atoms with Gasteiger partial charge in [-0.3, -0.25) is 18.2 Å². The fourth-order valence-electron chi connectivity index (χ4n) is 3.13. The molecule has 0 unspecified atom stereocenters. The molecule has 0 N–H and O–H groups in total. The van der Waals surface area contributed by atoms with Crippen LogP contribution < -0.4 is 11.5 Å². The third-order valence-corrected chi connectivity index (χ3v) is 4.75. The first-order valence-corrected chi connectivity index (χ1v) is 9.66. The highest BCUT2D eigenvalue weighted by Crippen LogP contribution is 2.11. The van der Waals surface area contributed by atoms with Crippen LogP contribution in [0.1, 0.15) is 75.9 Å². The average Bonchev–Trinajstić information content (AvgIpc) is 3.11. The summed E-state index contributed by atoms with van der Waals surface area (Å²) in [5, 5.41) is 7.32. The first-order chi connectivity index (χ1) is 12.6. The van der Waals surface area contributed by atoms with Gasteiger partial charge in [0.25, 0.3) is 0 Å². The van der Waals surface area contributed by atoms with Gasteiger partial charge in [-0.15, -0.1) is 0 Å². The van der Waals surface area contributed by atoms with Crippen LogP contribution in [0.25, 0.3) is 0 Å². The van der Waals surface area contributed by atoms with Crippen LogP contribution in [-0.2, 0) is 13.1 Å². The summed E-state index contributed by atoms with van der Waals surface area (Å²) in [5.41, 5.74) is 0. The predicted molar refractivity (Wildman–Crippen MR) is 97.2 cm³/mol. The van der Waals surface area contributed by atoms with Crippen molar-refractivity contribution in [3.05, 3.63) is 32.8 Å². The molecule has 0 aliphatic heterocycles. The van der Waals surface area contributed by atoms with E-state index in [1.807, 2.05) is 0 Å². The summed E-state index contributed by atoms with van der Waals surface area (Å²) in [5.74, 6) is 0.594. The molecule has 0 amide bonds. The number of rotatable bonds is 13. The van der Waals surface area contributed by atoms with Gasteiger partial charge >= 0.3 is 11.5 Å². The van der Waals surface area contributed by atoms with Crippen molar-refractivity contribution in [2.24, 2.45) is 0 Å². The van der Waals surface area contributed by atoms with Gasteiger partial charge in [0.05, 0.1) is 0 Å². The fourth-order valence-corrected chi connectivity index (χ4v) is 3.13. The van der Waals surface area contributed by atoms with Crippen LogP contribution in [0.4, 0.5) is 0 Å². The lowest BCUT2D eigenvalue weighted by Crippen LogP contribution is -2.15. The van der Waals surface area contributed by atoms with E-state index in [0.717, 1.165) is 25.7 Å². The first-order valence-electron chi connectivity index (χ1n) is 9.66. The molecule has 26 heavy (non-hydrogen) atoms. The number of nitrogens with zero attached hydrogens (tertiary/aromatic N) is 4. The molecule has 2 heterocycles. The summed E-state index contributed by atoms with van der Waals surface area (Å²) < 4.78 is 12.4. The topological polar surface area (TPSA) is 96.1 Å². The summed E-state index contributed by atoms with van der Waals surface area (Å²) >= 11 is 0. The highest BCUT2D eigenvalue weighted by atomic mass is 16.5. The Balaban J connectivity index is 1.39. The van der Waals surface area contributed by atoms with E-state index in [0.29, 0.717) is 24.7 Å². The maximum Gasteiger partial charge on any atom is 0.441 e. The maximum absolute atomic E-state index is 11.4. The van der Waals surface area contributed by atoms with Crippen molar-refractivity contribution in [3.8, 4) is 0 Å². The highest BCUT2D eigenvalue weighted by molar-refractivity contribution is 4.78. The van der Waals surface area contributed by atoms with Gasteiger partial charge in [-0.05, 0) is 26.7 Å².